The molecule has 0 aromatic carbocycles. The van der Waals surface area contributed by atoms with E-state index in [0.717, 1.165) is 12.8 Å². The fourth-order valence-electron chi connectivity index (χ4n) is 3.06. The van der Waals surface area contributed by atoms with Crippen LogP contribution in [-0.2, 0) is 14.3 Å². The number of rotatable bonds is 15. The van der Waals surface area contributed by atoms with Crippen molar-refractivity contribution in [3.63, 3.8) is 0 Å². The first-order valence-electron chi connectivity index (χ1n) is 9.50. The van der Waals surface area contributed by atoms with Crippen LogP contribution in [0, 0.1) is 0 Å². The van der Waals surface area contributed by atoms with Crippen LogP contribution in [0.15, 0.2) is 0 Å². The van der Waals surface area contributed by atoms with Gasteiger partial charge in [-0.05, 0) is 19.3 Å². The average Bonchev–Trinajstić information content (AvgIpc) is 3.27. The van der Waals surface area contributed by atoms with E-state index in [-0.39, 0.29) is 5.97 Å². The Balaban J connectivity index is 1.73. The molecular weight excluding hydrogens is 276 g/mol. The molecular formula is C19H36O3. The van der Waals surface area contributed by atoms with E-state index in [1.54, 1.807) is 0 Å². The predicted molar refractivity (Wildman–Crippen MR) is 91.0 cm³/mol. The molecule has 22 heavy (non-hydrogen) atoms. The zero-order valence-electron chi connectivity index (χ0n) is 14.8. The van der Waals surface area contributed by atoms with Gasteiger partial charge in [0.15, 0.2) is 0 Å². The predicted octanol–water partition coefficient (Wildman–Crippen LogP) is 5.41. The summed E-state index contributed by atoms with van der Waals surface area (Å²) >= 11 is 0. The molecule has 3 nitrogen and oxygen atoms in total. The number of methoxy groups -OCH3 is 1. The Morgan fingerprint density at radius 3 is 1.86 bits per heavy atom. The lowest BCUT2D eigenvalue weighted by molar-refractivity contribution is -0.140. The lowest BCUT2D eigenvalue weighted by atomic mass is 10.0. The van der Waals surface area contributed by atoms with Crippen LogP contribution in [0.25, 0.3) is 0 Å². The summed E-state index contributed by atoms with van der Waals surface area (Å²) in [6.07, 6.45) is 18.4. The number of hydrogen-bond acceptors (Lipinski definition) is 3. The molecule has 1 aliphatic rings. The summed E-state index contributed by atoms with van der Waals surface area (Å²) in [5.74, 6) is -0.0738. The van der Waals surface area contributed by atoms with Gasteiger partial charge in [0.05, 0.1) is 19.3 Å². The van der Waals surface area contributed by atoms with Gasteiger partial charge in [-0.3, -0.25) is 4.79 Å². The molecule has 0 radical (unpaired) electrons. The molecule has 0 N–H and O–H groups in total. The second kappa shape index (κ2) is 12.9. The first kappa shape index (κ1) is 19.5. The maximum atomic E-state index is 10.9. The molecule has 1 heterocycles. The Bertz CT molecular complexity index is 278. The van der Waals surface area contributed by atoms with Crippen molar-refractivity contribution in [2.75, 3.05) is 7.11 Å². The first-order chi connectivity index (χ1) is 10.8. The number of carbonyl (C=O) groups is 1. The van der Waals surface area contributed by atoms with Crippen molar-refractivity contribution < 1.29 is 14.3 Å². The van der Waals surface area contributed by atoms with E-state index < -0.39 is 0 Å². The number of ether oxygens (including phenoxy) is 2. The molecule has 1 fully saturated rings. The Morgan fingerprint density at radius 2 is 1.32 bits per heavy atom. The van der Waals surface area contributed by atoms with Crippen molar-refractivity contribution in [2.24, 2.45) is 0 Å². The van der Waals surface area contributed by atoms with Gasteiger partial charge in [-0.2, -0.15) is 0 Å². The molecule has 0 aromatic heterocycles. The summed E-state index contributed by atoms with van der Waals surface area (Å²) < 4.78 is 10.4. The van der Waals surface area contributed by atoms with Crippen molar-refractivity contribution in [3.8, 4) is 0 Å². The van der Waals surface area contributed by atoms with Crippen LogP contribution in [-0.4, -0.2) is 25.3 Å². The molecule has 1 aliphatic heterocycles. The summed E-state index contributed by atoms with van der Waals surface area (Å²) in [5, 5.41) is 0. The smallest absolute Gasteiger partial charge is 0.305 e. The fourth-order valence-corrected chi connectivity index (χ4v) is 3.06. The van der Waals surface area contributed by atoms with Crippen molar-refractivity contribution in [3.05, 3.63) is 0 Å². The number of hydrogen-bond donors (Lipinski definition) is 0. The normalized spacial score (nSPS) is 20.1. The molecule has 0 bridgehead atoms. The van der Waals surface area contributed by atoms with Crippen LogP contribution in [0.3, 0.4) is 0 Å². The zero-order valence-corrected chi connectivity index (χ0v) is 14.8. The van der Waals surface area contributed by atoms with Gasteiger partial charge in [-0.15, -0.1) is 0 Å². The van der Waals surface area contributed by atoms with Crippen LogP contribution in [0.1, 0.15) is 96.8 Å². The number of unbranched alkanes of at least 4 members (excludes halogenated alkanes) is 9. The largest absolute Gasteiger partial charge is 0.469 e. The van der Waals surface area contributed by atoms with Gasteiger partial charge in [0.2, 0.25) is 0 Å². The Labute approximate surface area is 137 Å². The van der Waals surface area contributed by atoms with Crippen molar-refractivity contribution in [1.29, 1.82) is 0 Å². The van der Waals surface area contributed by atoms with Crippen LogP contribution in [0.5, 0.6) is 0 Å². The maximum absolute atomic E-state index is 10.9. The highest BCUT2D eigenvalue weighted by Gasteiger charge is 2.36. The quantitative estimate of drug-likeness (QED) is 0.230. The molecule has 0 aromatic rings. The minimum absolute atomic E-state index is 0.0738. The highest BCUT2D eigenvalue weighted by atomic mass is 16.6. The van der Waals surface area contributed by atoms with Gasteiger partial charge >= 0.3 is 5.97 Å². The second-order valence-electron chi connectivity index (χ2n) is 6.65. The summed E-state index contributed by atoms with van der Waals surface area (Å²) in [7, 11) is 1.46. The van der Waals surface area contributed by atoms with Crippen molar-refractivity contribution in [1.82, 2.24) is 0 Å². The van der Waals surface area contributed by atoms with Gasteiger partial charge < -0.3 is 9.47 Å². The third kappa shape index (κ3) is 10.2. The van der Waals surface area contributed by atoms with Gasteiger partial charge in [0, 0.05) is 6.42 Å². The minimum atomic E-state index is -0.0738. The van der Waals surface area contributed by atoms with Gasteiger partial charge in [-0.1, -0.05) is 71.1 Å². The van der Waals surface area contributed by atoms with Crippen LogP contribution >= 0.6 is 0 Å². The molecule has 0 amide bonds. The minimum Gasteiger partial charge on any atom is -0.469 e. The molecule has 1 rings (SSSR count). The number of carbonyl (C=O) groups excluding carboxylic acids is 1. The summed E-state index contributed by atoms with van der Waals surface area (Å²) in [5.41, 5.74) is 0. The topological polar surface area (TPSA) is 38.8 Å². The van der Waals surface area contributed by atoms with E-state index in [4.69, 9.17) is 4.74 Å². The number of esters is 1. The standard InChI is InChI=1S/C19H36O3/c1-3-4-11-14-17-18(22-17)15-12-9-7-5-6-8-10-13-16-19(20)21-2/h17-18H,3-16H2,1-2H3/t17-,18+/m0/s1. The molecule has 1 saturated heterocycles. The summed E-state index contributed by atoms with van der Waals surface area (Å²) in [6, 6.07) is 0. The molecule has 3 heteroatoms. The molecule has 0 unspecified atom stereocenters. The Morgan fingerprint density at radius 1 is 0.818 bits per heavy atom. The number of epoxide rings is 1. The molecule has 0 aliphatic carbocycles. The van der Waals surface area contributed by atoms with E-state index in [1.807, 2.05) is 0 Å². The summed E-state index contributed by atoms with van der Waals surface area (Å²) in [4.78, 5) is 10.9. The van der Waals surface area contributed by atoms with E-state index in [1.165, 1.54) is 77.7 Å². The fraction of sp³-hybridized carbons (Fsp3) is 0.947. The molecule has 0 spiro atoms. The van der Waals surface area contributed by atoms with Crippen LogP contribution < -0.4 is 0 Å². The van der Waals surface area contributed by atoms with Crippen LogP contribution in [0.2, 0.25) is 0 Å². The van der Waals surface area contributed by atoms with Crippen LogP contribution in [0.4, 0.5) is 0 Å². The van der Waals surface area contributed by atoms with E-state index in [2.05, 4.69) is 11.7 Å². The van der Waals surface area contributed by atoms with E-state index >= 15 is 0 Å². The maximum Gasteiger partial charge on any atom is 0.305 e. The SMILES string of the molecule is CCCCC[C@@H]1O[C@@H]1CCCCCCCCCCC(=O)OC. The second-order valence-corrected chi connectivity index (χ2v) is 6.65. The van der Waals surface area contributed by atoms with Gasteiger partial charge in [0.1, 0.15) is 0 Å². The highest BCUT2D eigenvalue weighted by Crippen LogP contribution is 2.31. The van der Waals surface area contributed by atoms with Crippen molar-refractivity contribution >= 4 is 5.97 Å². The first-order valence-corrected chi connectivity index (χ1v) is 9.50. The summed E-state index contributed by atoms with van der Waals surface area (Å²) in [6.45, 7) is 2.25. The zero-order chi connectivity index (χ0) is 16.0. The van der Waals surface area contributed by atoms with Gasteiger partial charge in [0.25, 0.3) is 0 Å². The van der Waals surface area contributed by atoms with E-state index in [0.29, 0.717) is 18.6 Å². The molecule has 0 saturated carbocycles. The van der Waals surface area contributed by atoms with Gasteiger partial charge in [-0.25, -0.2) is 0 Å². The highest BCUT2D eigenvalue weighted by molar-refractivity contribution is 5.68. The third-order valence-corrected chi connectivity index (χ3v) is 4.63. The van der Waals surface area contributed by atoms with E-state index in [9.17, 15) is 4.79 Å². The lowest BCUT2D eigenvalue weighted by Gasteiger charge is -2.02. The Kier molecular flexibility index (Phi) is 11.4. The molecule has 2 atom stereocenters. The Hall–Kier alpha value is -0.570. The van der Waals surface area contributed by atoms with Crippen molar-refractivity contribution in [2.45, 2.75) is 109 Å². The third-order valence-electron chi connectivity index (χ3n) is 4.63. The monoisotopic (exact) mass is 312 g/mol. The average molecular weight is 312 g/mol. The lowest BCUT2D eigenvalue weighted by Crippen LogP contribution is -1.99. The molecule has 130 valence electrons.